The molecule has 154 valence electrons. The lowest BCUT2D eigenvalue weighted by atomic mass is 10.0. The van der Waals surface area contributed by atoms with Crippen molar-refractivity contribution >= 4 is 39.1 Å². The molecule has 1 fully saturated rings. The van der Waals surface area contributed by atoms with E-state index in [4.69, 9.17) is 11.6 Å². The smallest absolute Gasteiger partial charge is 0.328 e. The average Bonchev–Trinajstić information content (AvgIpc) is 3.45. The van der Waals surface area contributed by atoms with Gasteiger partial charge in [0.05, 0.1) is 27.3 Å². The normalized spacial score (nSPS) is 17.0. The van der Waals surface area contributed by atoms with Crippen LogP contribution >= 0.6 is 22.9 Å². The van der Waals surface area contributed by atoms with Crippen LogP contribution in [0.25, 0.3) is 15.9 Å². The van der Waals surface area contributed by atoms with Crippen LogP contribution in [0.1, 0.15) is 46.5 Å². The highest BCUT2D eigenvalue weighted by molar-refractivity contribution is 7.20. The minimum absolute atomic E-state index is 0.0603. The molecule has 1 aliphatic rings. The summed E-state index contributed by atoms with van der Waals surface area (Å²) in [6.45, 7) is 2.55. The Morgan fingerprint density at radius 3 is 2.90 bits per heavy atom. The number of aromatic nitrogens is 5. The summed E-state index contributed by atoms with van der Waals surface area (Å²) in [6, 6.07) is 9.17. The molecule has 0 radical (unpaired) electrons. The van der Waals surface area contributed by atoms with Crippen LogP contribution in [0, 0.1) is 6.92 Å². The lowest BCUT2D eigenvalue weighted by molar-refractivity contribution is 0.0605. The third-order valence-electron chi connectivity index (χ3n) is 5.43. The van der Waals surface area contributed by atoms with Gasteiger partial charge in [-0.15, -0.1) is 11.3 Å². The highest BCUT2D eigenvalue weighted by Gasteiger charge is 2.32. The molecule has 1 aromatic carbocycles. The highest BCUT2D eigenvalue weighted by atomic mass is 35.5. The van der Waals surface area contributed by atoms with E-state index in [1.807, 2.05) is 42.2 Å². The monoisotopic (exact) mass is 442 g/mol. The van der Waals surface area contributed by atoms with E-state index in [1.54, 1.807) is 4.68 Å². The summed E-state index contributed by atoms with van der Waals surface area (Å²) < 4.78 is 1.80. The molecule has 2 N–H and O–H groups in total. The minimum Gasteiger partial charge on any atom is -0.328 e. The van der Waals surface area contributed by atoms with E-state index in [-0.39, 0.29) is 17.6 Å². The van der Waals surface area contributed by atoms with Crippen molar-refractivity contribution < 1.29 is 4.79 Å². The van der Waals surface area contributed by atoms with Gasteiger partial charge in [0.1, 0.15) is 4.83 Å². The van der Waals surface area contributed by atoms with Crippen molar-refractivity contribution in [2.45, 2.75) is 32.2 Å². The summed E-state index contributed by atoms with van der Waals surface area (Å²) in [7, 11) is 0. The van der Waals surface area contributed by atoms with E-state index in [1.165, 1.54) is 11.3 Å². The van der Waals surface area contributed by atoms with Gasteiger partial charge in [-0.25, -0.2) is 14.6 Å². The fraction of sp³-hybridized carbons (Fsp3) is 0.300. The number of aryl methyl sites for hydroxylation is 1. The van der Waals surface area contributed by atoms with Gasteiger partial charge >= 0.3 is 5.69 Å². The third kappa shape index (κ3) is 3.14. The second kappa shape index (κ2) is 7.41. The Kier molecular flexibility index (Phi) is 4.71. The molecule has 0 unspecified atom stereocenters. The Morgan fingerprint density at radius 1 is 1.30 bits per heavy atom. The molecule has 3 aromatic heterocycles. The summed E-state index contributed by atoms with van der Waals surface area (Å²) in [4.78, 5) is 31.0. The van der Waals surface area contributed by atoms with Crippen LogP contribution in [0.4, 0.5) is 0 Å². The predicted octanol–water partition coefficient (Wildman–Crippen LogP) is 3.83. The number of carbonyl (C=O) groups excluding carboxylic acids is 1. The van der Waals surface area contributed by atoms with Crippen molar-refractivity contribution in [2.24, 2.45) is 0 Å². The van der Waals surface area contributed by atoms with E-state index in [2.05, 4.69) is 20.3 Å². The number of H-pyrrole nitrogens is 2. The summed E-state index contributed by atoms with van der Waals surface area (Å²) in [5.74, 6) is 0.447. The predicted molar refractivity (Wildman–Crippen MR) is 116 cm³/mol. The number of thiophene rings is 1. The molecule has 0 bridgehead atoms. The zero-order chi connectivity index (χ0) is 20.8. The number of carbonyl (C=O) groups is 1. The van der Waals surface area contributed by atoms with Crippen molar-refractivity contribution in [1.29, 1.82) is 0 Å². The Balaban J connectivity index is 1.54. The van der Waals surface area contributed by atoms with Gasteiger partial charge in [-0.2, -0.15) is 10.2 Å². The van der Waals surface area contributed by atoms with Crippen LogP contribution in [0.3, 0.4) is 0 Å². The van der Waals surface area contributed by atoms with Crippen molar-refractivity contribution in [3.63, 3.8) is 0 Å². The van der Waals surface area contributed by atoms with Crippen LogP contribution in [-0.2, 0) is 0 Å². The number of piperidine rings is 1. The molecule has 5 rings (SSSR count). The molecule has 0 aliphatic carbocycles. The Hall–Kier alpha value is -2.91. The van der Waals surface area contributed by atoms with E-state index in [0.29, 0.717) is 22.3 Å². The summed E-state index contributed by atoms with van der Waals surface area (Å²) in [5, 5.41) is 12.6. The molecule has 4 heterocycles. The van der Waals surface area contributed by atoms with Crippen molar-refractivity contribution in [3.8, 4) is 5.69 Å². The fourth-order valence-electron chi connectivity index (χ4n) is 3.98. The van der Waals surface area contributed by atoms with Crippen molar-refractivity contribution in [2.75, 3.05) is 6.54 Å². The standard InChI is InChI=1S/C20H19ClN6O2S/c1-11-12-10-16(30-19(12)27(25-11)14-7-3-2-6-13(14)21)18(28)26-9-5-4-8-15(26)17-22-20(29)24-23-17/h2-3,6-7,10,15H,4-5,8-9H2,1H3,(H2,22,23,24,29)/t15-/m1/s1. The number of likely N-dealkylation sites (tertiary alicyclic amines) is 1. The molecule has 1 atom stereocenters. The number of amides is 1. The number of nitrogens with zero attached hydrogens (tertiary/aromatic N) is 4. The molecule has 1 aliphatic heterocycles. The van der Waals surface area contributed by atoms with Crippen LogP contribution in [0.2, 0.25) is 5.02 Å². The molecule has 1 amide bonds. The number of rotatable bonds is 3. The lowest BCUT2D eigenvalue weighted by Crippen LogP contribution is -2.38. The molecule has 0 spiro atoms. The minimum atomic E-state index is -0.361. The molecule has 10 heteroatoms. The van der Waals surface area contributed by atoms with Crippen LogP contribution in [0.15, 0.2) is 35.1 Å². The van der Waals surface area contributed by atoms with E-state index in [0.717, 1.165) is 40.9 Å². The number of halogens is 1. The molecule has 30 heavy (non-hydrogen) atoms. The van der Waals surface area contributed by atoms with Crippen LogP contribution in [0.5, 0.6) is 0 Å². The molecule has 4 aromatic rings. The summed E-state index contributed by atoms with van der Waals surface area (Å²) >= 11 is 7.78. The van der Waals surface area contributed by atoms with E-state index in [9.17, 15) is 9.59 Å². The molecule has 8 nitrogen and oxygen atoms in total. The average molecular weight is 443 g/mol. The van der Waals surface area contributed by atoms with Crippen molar-refractivity contribution in [3.05, 3.63) is 62.2 Å². The zero-order valence-electron chi connectivity index (χ0n) is 16.2. The number of nitrogens with one attached hydrogen (secondary N) is 2. The number of hydrogen-bond acceptors (Lipinski definition) is 5. The highest BCUT2D eigenvalue weighted by Crippen LogP contribution is 2.35. The summed E-state index contributed by atoms with van der Waals surface area (Å²) in [6.07, 6.45) is 2.68. The quantitative estimate of drug-likeness (QED) is 0.503. The zero-order valence-corrected chi connectivity index (χ0v) is 17.8. The number of hydrogen-bond donors (Lipinski definition) is 2. The van der Waals surface area contributed by atoms with Gasteiger partial charge in [0.25, 0.3) is 5.91 Å². The van der Waals surface area contributed by atoms with Gasteiger partial charge in [0.2, 0.25) is 0 Å². The first-order valence-corrected chi connectivity index (χ1v) is 10.9. The molecule has 1 saturated heterocycles. The van der Waals surface area contributed by atoms with Gasteiger partial charge in [0.15, 0.2) is 5.82 Å². The van der Waals surface area contributed by atoms with Crippen LogP contribution in [-0.4, -0.2) is 42.3 Å². The first-order valence-electron chi connectivity index (χ1n) is 9.72. The molecule has 0 saturated carbocycles. The van der Waals surface area contributed by atoms with Gasteiger partial charge in [-0.3, -0.25) is 9.78 Å². The van der Waals surface area contributed by atoms with Gasteiger partial charge < -0.3 is 4.90 Å². The van der Waals surface area contributed by atoms with E-state index >= 15 is 0 Å². The number of fused-ring (bicyclic) bond motifs is 1. The van der Waals surface area contributed by atoms with Crippen LogP contribution < -0.4 is 5.69 Å². The Labute approximate surface area is 180 Å². The second-order valence-corrected chi connectivity index (χ2v) is 8.79. The fourth-order valence-corrected chi connectivity index (χ4v) is 5.33. The SMILES string of the molecule is Cc1nn(-c2ccccc2Cl)c2sc(C(=O)N3CCCC[C@@H]3c3n[nH]c(=O)[nH]3)cc12. The first kappa shape index (κ1) is 19.1. The summed E-state index contributed by atoms with van der Waals surface area (Å²) in [5.41, 5.74) is 1.26. The number of benzene rings is 1. The molecular formula is C20H19ClN6O2S. The Morgan fingerprint density at radius 2 is 2.13 bits per heavy atom. The van der Waals surface area contributed by atoms with Gasteiger partial charge in [-0.1, -0.05) is 23.7 Å². The maximum atomic E-state index is 13.4. The van der Waals surface area contributed by atoms with E-state index < -0.39 is 0 Å². The van der Waals surface area contributed by atoms with Gasteiger partial charge in [0, 0.05) is 11.9 Å². The number of para-hydroxylation sites is 1. The Bertz CT molecular complexity index is 1300. The molecular weight excluding hydrogens is 424 g/mol. The second-order valence-electron chi connectivity index (χ2n) is 7.35. The largest absolute Gasteiger partial charge is 0.340 e. The lowest BCUT2D eigenvalue weighted by Gasteiger charge is -2.33. The maximum absolute atomic E-state index is 13.4. The maximum Gasteiger partial charge on any atom is 0.340 e. The van der Waals surface area contributed by atoms with Gasteiger partial charge in [-0.05, 0) is 44.4 Å². The number of aromatic amines is 2. The van der Waals surface area contributed by atoms with Crippen molar-refractivity contribution in [1.82, 2.24) is 29.9 Å². The first-order chi connectivity index (χ1) is 14.5. The third-order valence-corrected chi connectivity index (χ3v) is 6.85. The topological polar surface area (TPSA) is 99.7 Å².